The summed E-state index contributed by atoms with van der Waals surface area (Å²) in [4.78, 5) is 34.6. The van der Waals surface area contributed by atoms with Gasteiger partial charge in [0.25, 0.3) is 5.91 Å². The Balaban J connectivity index is 2.75. The zero-order valence-electron chi connectivity index (χ0n) is 13.0. The van der Waals surface area contributed by atoms with Crippen LogP contribution in [0.1, 0.15) is 30.6 Å². The van der Waals surface area contributed by atoms with Gasteiger partial charge in [0.1, 0.15) is 6.04 Å². The molecule has 0 saturated carbocycles. The molecule has 120 valence electrons. The maximum Gasteiger partial charge on any atom is 0.312 e. The molecule has 0 radical (unpaired) electrons. The number of carbonyl (C=O) groups is 3. The monoisotopic (exact) mass is 306 g/mol. The zero-order chi connectivity index (χ0) is 16.7. The van der Waals surface area contributed by atoms with E-state index in [1.54, 1.807) is 31.3 Å². The number of benzene rings is 1. The molecule has 4 amide bonds. The molecule has 0 heterocycles. The first-order valence-electron chi connectivity index (χ1n) is 7.02. The molecule has 0 aliphatic heterocycles. The van der Waals surface area contributed by atoms with Crippen molar-refractivity contribution in [2.45, 2.75) is 26.3 Å². The molecule has 1 aromatic rings. The van der Waals surface area contributed by atoms with Crippen LogP contribution in [0, 0.1) is 5.92 Å². The van der Waals surface area contributed by atoms with Crippen molar-refractivity contribution >= 4 is 23.5 Å². The molecular weight excluding hydrogens is 284 g/mol. The van der Waals surface area contributed by atoms with E-state index in [0.29, 0.717) is 17.7 Å². The molecule has 7 nitrogen and oxygen atoms in total. The predicted molar refractivity (Wildman–Crippen MR) is 84.4 cm³/mol. The Labute approximate surface area is 129 Å². The van der Waals surface area contributed by atoms with Crippen molar-refractivity contribution in [1.29, 1.82) is 0 Å². The Morgan fingerprint density at radius 3 is 2.18 bits per heavy atom. The lowest BCUT2D eigenvalue weighted by Crippen LogP contribution is -2.46. The highest BCUT2D eigenvalue weighted by Crippen LogP contribution is 2.12. The number of rotatable bonds is 6. The van der Waals surface area contributed by atoms with Gasteiger partial charge in [0, 0.05) is 18.3 Å². The molecule has 0 bridgehead atoms. The average Bonchev–Trinajstić information content (AvgIpc) is 2.45. The van der Waals surface area contributed by atoms with Crippen LogP contribution in [-0.2, 0) is 4.79 Å². The average molecular weight is 306 g/mol. The Morgan fingerprint density at radius 2 is 1.73 bits per heavy atom. The van der Waals surface area contributed by atoms with Crippen molar-refractivity contribution in [1.82, 2.24) is 10.6 Å². The minimum absolute atomic E-state index is 0.203. The fourth-order valence-electron chi connectivity index (χ4n) is 1.95. The molecule has 0 aliphatic rings. The molecule has 0 aliphatic carbocycles. The summed E-state index contributed by atoms with van der Waals surface area (Å²) in [5, 5.41) is 7.64. The van der Waals surface area contributed by atoms with E-state index >= 15 is 0 Å². The molecule has 7 heteroatoms. The van der Waals surface area contributed by atoms with Crippen LogP contribution in [0.5, 0.6) is 0 Å². The zero-order valence-corrected chi connectivity index (χ0v) is 13.0. The third-order valence-electron chi connectivity index (χ3n) is 2.98. The minimum Gasteiger partial charge on any atom is -0.355 e. The van der Waals surface area contributed by atoms with Crippen molar-refractivity contribution in [2.24, 2.45) is 11.7 Å². The molecule has 1 atom stereocenters. The van der Waals surface area contributed by atoms with Gasteiger partial charge in [-0.3, -0.25) is 9.59 Å². The highest BCUT2D eigenvalue weighted by atomic mass is 16.2. The Bertz CT molecular complexity index is 540. The highest BCUT2D eigenvalue weighted by molar-refractivity contribution is 5.98. The molecule has 0 spiro atoms. The molecule has 0 saturated heterocycles. The lowest BCUT2D eigenvalue weighted by molar-refractivity contribution is -0.118. The van der Waals surface area contributed by atoms with E-state index < -0.39 is 12.1 Å². The number of nitrogens with one attached hydrogen (secondary N) is 3. The van der Waals surface area contributed by atoms with Crippen LogP contribution in [0.15, 0.2) is 24.3 Å². The first kappa shape index (κ1) is 17.5. The highest BCUT2D eigenvalue weighted by Gasteiger charge is 2.21. The van der Waals surface area contributed by atoms with Gasteiger partial charge in [0.05, 0.1) is 0 Å². The topological polar surface area (TPSA) is 113 Å². The van der Waals surface area contributed by atoms with Crippen molar-refractivity contribution in [2.75, 3.05) is 12.4 Å². The second kappa shape index (κ2) is 8.02. The van der Waals surface area contributed by atoms with E-state index in [1.165, 1.54) is 0 Å². The first-order valence-corrected chi connectivity index (χ1v) is 7.02. The molecule has 0 aromatic heterocycles. The Hall–Kier alpha value is -2.57. The molecule has 0 unspecified atom stereocenters. The fraction of sp³-hybridized carbons (Fsp3) is 0.400. The number of hydrogen-bond donors (Lipinski definition) is 4. The van der Waals surface area contributed by atoms with E-state index in [1.807, 2.05) is 13.8 Å². The van der Waals surface area contributed by atoms with Crippen molar-refractivity contribution in [3.8, 4) is 0 Å². The van der Waals surface area contributed by atoms with Crippen LogP contribution in [0.25, 0.3) is 0 Å². The standard InChI is InChI=1S/C15H22N4O3/c1-9(2)8-12(19-15(16)22)14(21)18-11-6-4-10(5-7-11)13(20)17-3/h4-7,9,12H,8H2,1-3H3,(H,17,20)(H,18,21)(H3,16,19,22)/t12-/m0/s1. The molecule has 0 fully saturated rings. The van der Waals surface area contributed by atoms with Crippen LogP contribution >= 0.6 is 0 Å². The molecule has 1 rings (SSSR count). The van der Waals surface area contributed by atoms with Gasteiger partial charge in [-0.2, -0.15) is 0 Å². The predicted octanol–water partition coefficient (Wildman–Crippen LogP) is 1.07. The van der Waals surface area contributed by atoms with Gasteiger partial charge < -0.3 is 21.7 Å². The fourth-order valence-corrected chi connectivity index (χ4v) is 1.95. The van der Waals surface area contributed by atoms with Crippen LogP contribution < -0.4 is 21.7 Å². The number of nitrogens with two attached hydrogens (primary N) is 1. The van der Waals surface area contributed by atoms with Gasteiger partial charge in [0.15, 0.2) is 0 Å². The van der Waals surface area contributed by atoms with Crippen LogP contribution in [0.3, 0.4) is 0 Å². The summed E-state index contributed by atoms with van der Waals surface area (Å²) in [5.41, 5.74) is 6.13. The molecular formula is C15H22N4O3. The van der Waals surface area contributed by atoms with Gasteiger partial charge in [0.2, 0.25) is 5.91 Å². The molecule has 5 N–H and O–H groups in total. The quantitative estimate of drug-likeness (QED) is 0.630. The number of primary amides is 1. The molecule has 1 aromatic carbocycles. The van der Waals surface area contributed by atoms with Gasteiger partial charge >= 0.3 is 6.03 Å². The number of urea groups is 1. The second-order valence-corrected chi connectivity index (χ2v) is 5.34. The number of anilines is 1. The van der Waals surface area contributed by atoms with Gasteiger partial charge in [-0.15, -0.1) is 0 Å². The maximum absolute atomic E-state index is 12.2. The largest absolute Gasteiger partial charge is 0.355 e. The summed E-state index contributed by atoms with van der Waals surface area (Å²) >= 11 is 0. The minimum atomic E-state index is -0.740. The van der Waals surface area contributed by atoms with E-state index in [4.69, 9.17) is 5.73 Å². The summed E-state index contributed by atoms with van der Waals surface area (Å²) in [6.45, 7) is 3.89. The summed E-state index contributed by atoms with van der Waals surface area (Å²) in [7, 11) is 1.55. The third-order valence-corrected chi connectivity index (χ3v) is 2.98. The number of amides is 4. The summed E-state index contributed by atoms with van der Waals surface area (Å²) in [5.74, 6) is -0.329. The summed E-state index contributed by atoms with van der Waals surface area (Å²) < 4.78 is 0. The van der Waals surface area contributed by atoms with Crippen molar-refractivity contribution < 1.29 is 14.4 Å². The lowest BCUT2D eigenvalue weighted by atomic mass is 10.0. The summed E-state index contributed by atoms with van der Waals surface area (Å²) in [6, 6.07) is 5.02. The maximum atomic E-state index is 12.2. The van der Waals surface area contributed by atoms with Crippen molar-refractivity contribution in [3.05, 3.63) is 29.8 Å². The lowest BCUT2D eigenvalue weighted by Gasteiger charge is -2.19. The van der Waals surface area contributed by atoms with E-state index in [0.717, 1.165) is 0 Å². The van der Waals surface area contributed by atoms with Gasteiger partial charge in [-0.25, -0.2) is 4.79 Å². The van der Waals surface area contributed by atoms with Crippen LogP contribution in [0.2, 0.25) is 0 Å². The Morgan fingerprint density at radius 1 is 1.14 bits per heavy atom. The van der Waals surface area contributed by atoms with Crippen LogP contribution in [-0.4, -0.2) is 30.9 Å². The summed E-state index contributed by atoms with van der Waals surface area (Å²) in [6.07, 6.45) is 0.477. The van der Waals surface area contributed by atoms with E-state index in [9.17, 15) is 14.4 Å². The van der Waals surface area contributed by atoms with E-state index in [-0.39, 0.29) is 17.7 Å². The Kier molecular flexibility index (Phi) is 6.37. The van der Waals surface area contributed by atoms with Gasteiger partial charge in [-0.05, 0) is 36.6 Å². The number of hydrogen-bond acceptors (Lipinski definition) is 3. The van der Waals surface area contributed by atoms with Crippen LogP contribution in [0.4, 0.5) is 10.5 Å². The normalized spacial score (nSPS) is 11.6. The smallest absolute Gasteiger partial charge is 0.312 e. The SMILES string of the molecule is CNC(=O)c1ccc(NC(=O)[C@H](CC(C)C)NC(N)=O)cc1. The molecule has 22 heavy (non-hydrogen) atoms. The van der Waals surface area contributed by atoms with Gasteiger partial charge in [-0.1, -0.05) is 13.8 Å². The number of carbonyl (C=O) groups excluding carboxylic acids is 3. The third kappa shape index (κ3) is 5.43. The van der Waals surface area contributed by atoms with E-state index in [2.05, 4.69) is 16.0 Å². The first-order chi connectivity index (χ1) is 10.3. The van der Waals surface area contributed by atoms with Crippen molar-refractivity contribution in [3.63, 3.8) is 0 Å². The second-order valence-electron chi connectivity index (χ2n) is 5.34.